The zero-order valence-electron chi connectivity index (χ0n) is 11.8. The Balaban J connectivity index is 3.43. The van der Waals surface area contributed by atoms with Crippen LogP contribution in [0.1, 0.15) is 29.8 Å². The maximum absolute atomic E-state index is 12.5. The third kappa shape index (κ3) is 3.50. The molecular weight excluding hydrogens is 302 g/mol. The molecule has 0 saturated heterocycles. The Morgan fingerprint density at radius 3 is 2.40 bits per heavy atom. The Bertz CT molecular complexity index is 626. The fourth-order valence-electron chi connectivity index (χ4n) is 1.92. The molecule has 20 heavy (non-hydrogen) atoms. The third-order valence-electron chi connectivity index (χ3n) is 2.87. The van der Waals surface area contributed by atoms with Gasteiger partial charge in [0.15, 0.2) is 0 Å². The van der Waals surface area contributed by atoms with E-state index in [-0.39, 0.29) is 27.0 Å². The van der Waals surface area contributed by atoms with Crippen LogP contribution in [0.4, 0.5) is 0 Å². The van der Waals surface area contributed by atoms with Gasteiger partial charge in [0.1, 0.15) is 0 Å². The van der Waals surface area contributed by atoms with Crippen molar-refractivity contribution in [2.45, 2.75) is 25.7 Å². The second-order valence-corrected chi connectivity index (χ2v) is 7.51. The van der Waals surface area contributed by atoms with E-state index in [0.29, 0.717) is 6.54 Å². The number of halogens is 1. The molecule has 0 amide bonds. The van der Waals surface area contributed by atoms with Crippen molar-refractivity contribution in [1.29, 1.82) is 0 Å². The first-order valence-electron chi connectivity index (χ1n) is 6.07. The van der Waals surface area contributed by atoms with Gasteiger partial charge in [-0.05, 0) is 30.5 Å². The topological polar surface area (TPSA) is 74.7 Å². The highest BCUT2D eigenvalue weighted by Gasteiger charge is 2.26. The minimum absolute atomic E-state index is 0.0643. The van der Waals surface area contributed by atoms with Crippen molar-refractivity contribution in [3.63, 3.8) is 0 Å². The molecule has 0 radical (unpaired) electrons. The van der Waals surface area contributed by atoms with Gasteiger partial charge in [0.25, 0.3) is 0 Å². The van der Waals surface area contributed by atoms with Gasteiger partial charge in [-0.3, -0.25) is 0 Å². The Morgan fingerprint density at radius 2 is 1.95 bits per heavy atom. The highest BCUT2D eigenvalue weighted by molar-refractivity contribution is 7.89. The zero-order valence-corrected chi connectivity index (χ0v) is 13.4. The molecule has 5 nitrogen and oxygen atoms in total. The van der Waals surface area contributed by atoms with Crippen LogP contribution in [0.15, 0.2) is 17.0 Å². The summed E-state index contributed by atoms with van der Waals surface area (Å²) in [6.07, 6.45) is 0. The first-order valence-corrected chi connectivity index (χ1v) is 7.89. The quantitative estimate of drug-likeness (QED) is 0.905. The molecule has 0 aromatic heterocycles. The molecule has 0 aliphatic rings. The Morgan fingerprint density at radius 1 is 1.40 bits per heavy atom. The van der Waals surface area contributed by atoms with Crippen LogP contribution in [0, 0.1) is 12.8 Å². The first kappa shape index (κ1) is 16.9. The number of hydrogen-bond donors (Lipinski definition) is 1. The van der Waals surface area contributed by atoms with Crippen molar-refractivity contribution in [3.8, 4) is 0 Å². The van der Waals surface area contributed by atoms with E-state index in [1.165, 1.54) is 30.4 Å². The molecule has 112 valence electrons. The van der Waals surface area contributed by atoms with Crippen LogP contribution in [-0.2, 0) is 10.0 Å². The van der Waals surface area contributed by atoms with E-state index in [1.54, 1.807) is 0 Å². The summed E-state index contributed by atoms with van der Waals surface area (Å²) >= 11 is 5.84. The number of benzene rings is 1. The summed E-state index contributed by atoms with van der Waals surface area (Å²) in [5.74, 6) is -1.04. The van der Waals surface area contributed by atoms with E-state index in [2.05, 4.69) is 0 Å². The van der Waals surface area contributed by atoms with Crippen LogP contribution in [0.25, 0.3) is 0 Å². The first-order chi connectivity index (χ1) is 9.07. The number of hydrogen-bond acceptors (Lipinski definition) is 3. The minimum Gasteiger partial charge on any atom is -0.478 e. The number of aromatic carboxylic acids is 1. The lowest BCUT2D eigenvalue weighted by Crippen LogP contribution is -2.31. The molecule has 0 aliphatic carbocycles. The summed E-state index contributed by atoms with van der Waals surface area (Å²) in [6.45, 7) is 5.62. The van der Waals surface area contributed by atoms with E-state index in [9.17, 15) is 13.2 Å². The van der Waals surface area contributed by atoms with E-state index in [1.807, 2.05) is 13.8 Å². The molecular formula is C13H18ClNO4S. The number of carbonyl (C=O) groups is 1. The lowest BCUT2D eigenvalue weighted by atomic mass is 10.1. The van der Waals surface area contributed by atoms with Gasteiger partial charge < -0.3 is 5.11 Å². The SMILES string of the molecule is Cc1c(C(=O)O)cc(Cl)cc1S(=O)(=O)N(C)CC(C)C. The molecule has 0 atom stereocenters. The summed E-state index contributed by atoms with van der Waals surface area (Å²) in [5, 5.41) is 9.18. The number of nitrogens with zero attached hydrogens (tertiary/aromatic N) is 1. The maximum Gasteiger partial charge on any atom is 0.336 e. The summed E-state index contributed by atoms with van der Waals surface area (Å²) in [5.41, 5.74) is 0.0894. The fraction of sp³-hybridized carbons (Fsp3) is 0.462. The van der Waals surface area contributed by atoms with Crippen molar-refractivity contribution in [1.82, 2.24) is 4.31 Å². The predicted octanol–water partition coefficient (Wildman–Crippen LogP) is 2.62. The second-order valence-electron chi connectivity index (χ2n) is 5.06. The number of sulfonamides is 1. The van der Waals surface area contributed by atoms with Gasteiger partial charge in [-0.15, -0.1) is 0 Å². The van der Waals surface area contributed by atoms with Crippen molar-refractivity contribution in [2.24, 2.45) is 5.92 Å². The Hall–Kier alpha value is -1.11. The van der Waals surface area contributed by atoms with E-state index >= 15 is 0 Å². The molecule has 1 aromatic carbocycles. The molecule has 1 rings (SSSR count). The van der Waals surface area contributed by atoms with Gasteiger partial charge in [0.2, 0.25) is 10.0 Å². The largest absolute Gasteiger partial charge is 0.478 e. The Kier molecular flexibility index (Phi) is 5.18. The summed E-state index contributed by atoms with van der Waals surface area (Å²) < 4.78 is 26.2. The minimum atomic E-state index is -3.76. The smallest absolute Gasteiger partial charge is 0.336 e. The molecule has 7 heteroatoms. The van der Waals surface area contributed by atoms with Gasteiger partial charge in [-0.2, -0.15) is 0 Å². The highest BCUT2D eigenvalue weighted by Crippen LogP contribution is 2.27. The van der Waals surface area contributed by atoms with Crippen LogP contribution in [0.5, 0.6) is 0 Å². The van der Waals surface area contributed by atoms with Crippen LogP contribution >= 0.6 is 11.6 Å². The van der Waals surface area contributed by atoms with Crippen molar-refractivity contribution in [2.75, 3.05) is 13.6 Å². The lowest BCUT2D eigenvalue weighted by Gasteiger charge is -2.21. The summed E-state index contributed by atoms with van der Waals surface area (Å²) in [7, 11) is -2.29. The average molecular weight is 320 g/mol. The van der Waals surface area contributed by atoms with Gasteiger partial charge in [0.05, 0.1) is 10.5 Å². The monoisotopic (exact) mass is 319 g/mol. The number of rotatable bonds is 5. The van der Waals surface area contributed by atoms with E-state index < -0.39 is 16.0 Å². The molecule has 1 N–H and O–H groups in total. The molecule has 0 heterocycles. The van der Waals surface area contributed by atoms with E-state index in [4.69, 9.17) is 16.7 Å². The molecule has 0 saturated carbocycles. The van der Waals surface area contributed by atoms with Crippen molar-refractivity contribution < 1.29 is 18.3 Å². The normalized spacial score (nSPS) is 12.2. The van der Waals surface area contributed by atoms with Gasteiger partial charge in [-0.1, -0.05) is 25.4 Å². The number of carboxylic acids is 1. The van der Waals surface area contributed by atoms with Crippen LogP contribution in [0.3, 0.4) is 0 Å². The number of carboxylic acid groups (broad SMARTS) is 1. The van der Waals surface area contributed by atoms with Gasteiger partial charge in [0, 0.05) is 18.6 Å². The van der Waals surface area contributed by atoms with Crippen LogP contribution < -0.4 is 0 Å². The fourth-order valence-corrected chi connectivity index (χ4v) is 3.81. The summed E-state index contributed by atoms with van der Waals surface area (Å²) in [4.78, 5) is 11.1. The van der Waals surface area contributed by atoms with Gasteiger partial charge in [-0.25, -0.2) is 17.5 Å². The standard InChI is InChI=1S/C13H18ClNO4S/c1-8(2)7-15(4)20(18,19)12-6-10(14)5-11(9(12)3)13(16)17/h5-6,8H,7H2,1-4H3,(H,16,17). The third-order valence-corrected chi connectivity index (χ3v) is 5.03. The van der Waals surface area contributed by atoms with Crippen molar-refractivity contribution in [3.05, 3.63) is 28.3 Å². The summed E-state index contributed by atoms with van der Waals surface area (Å²) in [6, 6.07) is 2.54. The molecule has 0 spiro atoms. The van der Waals surface area contributed by atoms with Crippen LogP contribution in [-0.4, -0.2) is 37.4 Å². The molecule has 0 bridgehead atoms. The molecule has 0 unspecified atom stereocenters. The average Bonchev–Trinajstić information content (AvgIpc) is 2.30. The van der Waals surface area contributed by atoms with Crippen molar-refractivity contribution >= 4 is 27.6 Å². The Labute approximate surface area is 124 Å². The van der Waals surface area contributed by atoms with E-state index in [0.717, 1.165) is 0 Å². The molecule has 0 aliphatic heterocycles. The maximum atomic E-state index is 12.5. The molecule has 0 fully saturated rings. The zero-order chi connectivity index (χ0) is 15.7. The lowest BCUT2D eigenvalue weighted by molar-refractivity contribution is 0.0696. The van der Waals surface area contributed by atoms with Gasteiger partial charge >= 0.3 is 5.97 Å². The highest BCUT2D eigenvalue weighted by atomic mass is 35.5. The predicted molar refractivity (Wildman–Crippen MR) is 77.8 cm³/mol. The van der Waals surface area contributed by atoms with Crippen LogP contribution in [0.2, 0.25) is 5.02 Å². The molecule has 1 aromatic rings. The second kappa shape index (κ2) is 6.11.